The van der Waals surface area contributed by atoms with E-state index >= 15 is 0 Å². The van der Waals surface area contributed by atoms with Gasteiger partial charge in [-0.15, -0.1) is 0 Å². The molecule has 0 aliphatic rings. The van der Waals surface area contributed by atoms with Crippen molar-refractivity contribution in [3.8, 4) is 5.75 Å². The zero-order valence-corrected chi connectivity index (χ0v) is 20.8. The molecule has 3 N–H and O–H groups in total. The Labute approximate surface area is 218 Å². The van der Waals surface area contributed by atoms with Crippen LogP contribution in [-0.2, 0) is 6.54 Å². The number of rotatable bonds is 11. The van der Waals surface area contributed by atoms with Crippen molar-refractivity contribution in [2.45, 2.75) is 13.0 Å². The van der Waals surface area contributed by atoms with Crippen LogP contribution in [0.2, 0.25) is 0 Å². The van der Waals surface area contributed by atoms with Gasteiger partial charge in [-0.05, 0) is 52.0 Å². The first-order valence-electron chi connectivity index (χ1n) is 12.5. The Bertz CT molecular complexity index is 1270. The summed E-state index contributed by atoms with van der Waals surface area (Å²) in [5, 5.41) is 15.0. The lowest BCUT2D eigenvalue weighted by atomic mass is 9.88. The molecule has 4 aromatic rings. The molecular formula is C32H32N2O3. The van der Waals surface area contributed by atoms with Crippen LogP contribution >= 0.6 is 0 Å². The van der Waals surface area contributed by atoms with Gasteiger partial charge in [-0.2, -0.15) is 0 Å². The highest BCUT2D eigenvalue weighted by Gasteiger charge is 2.15. The maximum atomic E-state index is 12.5. The number of hydrogen-bond acceptors (Lipinski definition) is 3. The number of amides is 2. The van der Waals surface area contributed by atoms with E-state index in [-0.39, 0.29) is 19.2 Å². The van der Waals surface area contributed by atoms with Crippen LogP contribution in [0.4, 0.5) is 4.79 Å². The van der Waals surface area contributed by atoms with Crippen molar-refractivity contribution >= 4 is 17.2 Å². The first-order chi connectivity index (χ1) is 18.2. The second-order valence-corrected chi connectivity index (χ2v) is 8.53. The minimum atomic E-state index is -0.192. The van der Waals surface area contributed by atoms with Crippen molar-refractivity contribution in [1.82, 2.24) is 10.6 Å². The highest BCUT2D eigenvalue weighted by Crippen LogP contribution is 2.35. The zero-order valence-electron chi connectivity index (χ0n) is 20.8. The monoisotopic (exact) mass is 492 g/mol. The number of urea groups is 1. The zero-order chi connectivity index (χ0) is 25.7. The van der Waals surface area contributed by atoms with Crippen LogP contribution in [0.25, 0.3) is 11.1 Å². The minimum absolute atomic E-state index is 0.0268. The summed E-state index contributed by atoms with van der Waals surface area (Å²) in [6, 6.07) is 38.2. The summed E-state index contributed by atoms with van der Waals surface area (Å²) in [6.07, 6.45) is 0.649. The summed E-state index contributed by atoms with van der Waals surface area (Å²) in [5.41, 5.74) is 6.55. The quantitative estimate of drug-likeness (QED) is 0.228. The number of benzene rings is 4. The van der Waals surface area contributed by atoms with Crippen LogP contribution in [0.1, 0.15) is 28.7 Å². The van der Waals surface area contributed by atoms with Gasteiger partial charge in [0.05, 0.1) is 6.61 Å². The maximum Gasteiger partial charge on any atom is 0.315 e. The van der Waals surface area contributed by atoms with Gasteiger partial charge in [-0.25, -0.2) is 4.79 Å². The van der Waals surface area contributed by atoms with Crippen LogP contribution in [0.5, 0.6) is 5.75 Å². The fraction of sp³-hybridized carbons (Fsp3) is 0.156. The molecule has 0 radical (unpaired) electrons. The third-order valence-electron chi connectivity index (χ3n) is 5.95. The van der Waals surface area contributed by atoms with Gasteiger partial charge in [0.25, 0.3) is 0 Å². The molecule has 5 heteroatoms. The molecule has 0 aliphatic carbocycles. The van der Waals surface area contributed by atoms with E-state index in [1.807, 2.05) is 91.0 Å². The van der Waals surface area contributed by atoms with E-state index in [2.05, 4.69) is 34.9 Å². The molecule has 0 aliphatic heterocycles. The van der Waals surface area contributed by atoms with Crippen molar-refractivity contribution in [2.75, 3.05) is 19.8 Å². The first kappa shape index (κ1) is 25.7. The summed E-state index contributed by atoms with van der Waals surface area (Å²) in [7, 11) is 0. The summed E-state index contributed by atoms with van der Waals surface area (Å²) >= 11 is 0. The lowest BCUT2D eigenvalue weighted by Gasteiger charge is -2.18. The Morgan fingerprint density at radius 3 is 1.86 bits per heavy atom. The molecular weight excluding hydrogens is 460 g/mol. The molecule has 188 valence electrons. The van der Waals surface area contributed by atoms with E-state index in [1.54, 1.807) is 0 Å². The average molecular weight is 493 g/mol. The summed E-state index contributed by atoms with van der Waals surface area (Å²) < 4.78 is 5.57. The Kier molecular flexibility index (Phi) is 9.50. The van der Waals surface area contributed by atoms with Crippen molar-refractivity contribution in [2.24, 2.45) is 0 Å². The standard InChI is InChI=1S/C32H32N2O3/c35-22-23-37-29-18-16-28(17-19-29)31(27-14-8-3-9-15-27)30(26-12-6-2-7-13-26)20-21-33-32(36)34-24-25-10-4-1-5-11-25/h1-19,35H,20-24H2,(H2,33,34,36)/b31-30-. The van der Waals surface area contributed by atoms with Gasteiger partial charge in [-0.1, -0.05) is 103 Å². The molecule has 0 atom stereocenters. The number of carbonyl (C=O) groups is 1. The van der Waals surface area contributed by atoms with E-state index in [1.165, 1.54) is 0 Å². The molecule has 0 heterocycles. The minimum Gasteiger partial charge on any atom is -0.491 e. The second-order valence-electron chi connectivity index (χ2n) is 8.53. The molecule has 0 saturated carbocycles. The molecule has 4 rings (SSSR count). The highest BCUT2D eigenvalue weighted by molar-refractivity contribution is 5.98. The molecule has 0 fully saturated rings. The smallest absolute Gasteiger partial charge is 0.315 e. The van der Waals surface area contributed by atoms with Gasteiger partial charge >= 0.3 is 6.03 Å². The molecule has 37 heavy (non-hydrogen) atoms. The molecule has 2 amide bonds. The van der Waals surface area contributed by atoms with Crippen molar-refractivity contribution in [3.63, 3.8) is 0 Å². The molecule has 0 saturated heterocycles. The molecule has 0 aromatic heterocycles. The second kappa shape index (κ2) is 13.7. The van der Waals surface area contributed by atoms with Crippen molar-refractivity contribution in [3.05, 3.63) is 138 Å². The average Bonchev–Trinajstić information content (AvgIpc) is 2.96. The van der Waals surface area contributed by atoms with Gasteiger partial charge in [0.15, 0.2) is 0 Å². The largest absolute Gasteiger partial charge is 0.491 e. The number of aliphatic hydroxyl groups excluding tert-OH is 1. The summed E-state index contributed by atoms with van der Waals surface area (Å²) in [5.74, 6) is 0.711. The van der Waals surface area contributed by atoms with E-state index < -0.39 is 0 Å². The maximum absolute atomic E-state index is 12.5. The predicted molar refractivity (Wildman–Crippen MR) is 149 cm³/mol. The Hall–Kier alpha value is -4.35. The van der Waals surface area contributed by atoms with E-state index in [4.69, 9.17) is 9.84 Å². The van der Waals surface area contributed by atoms with Gasteiger partial charge in [0.1, 0.15) is 12.4 Å². The number of carbonyl (C=O) groups excluding carboxylic acids is 1. The SMILES string of the molecule is O=C(NCC/C(=C(\c1ccccc1)c1ccc(OCCO)cc1)c1ccccc1)NCc1ccccc1. The van der Waals surface area contributed by atoms with Crippen molar-refractivity contribution < 1.29 is 14.6 Å². The van der Waals surface area contributed by atoms with Crippen LogP contribution in [0, 0.1) is 0 Å². The van der Waals surface area contributed by atoms with Gasteiger partial charge in [-0.3, -0.25) is 0 Å². The summed E-state index contributed by atoms with van der Waals surface area (Å²) in [6.45, 7) is 1.20. The van der Waals surface area contributed by atoms with Crippen LogP contribution in [0.3, 0.4) is 0 Å². The van der Waals surface area contributed by atoms with Gasteiger partial charge < -0.3 is 20.5 Å². The number of nitrogens with one attached hydrogen (secondary N) is 2. The lowest BCUT2D eigenvalue weighted by molar-refractivity contribution is 0.201. The fourth-order valence-electron chi connectivity index (χ4n) is 4.20. The van der Waals surface area contributed by atoms with Crippen LogP contribution in [0.15, 0.2) is 115 Å². The Morgan fingerprint density at radius 2 is 1.24 bits per heavy atom. The normalized spacial score (nSPS) is 11.4. The van der Waals surface area contributed by atoms with Gasteiger partial charge in [0, 0.05) is 13.1 Å². The Morgan fingerprint density at radius 1 is 0.676 bits per heavy atom. The molecule has 0 spiro atoms. The third kappa shape index (κ3) is 7.56. The van der Waals surface area contributed by atoms with Crippen LogP contribution < -0.4 is 15.4 Å². The first-order valence-corrected chi connectivity index (χ1v) is 12.5. The van der Waals surface area contributed by atoms with E-state index in [0.717, 1.165) is 33.4 Å². The topological polar surface area (TPSA) is 70.6 Å². The van der Waals surface area contributed by atoms with E-state index in [9.17, 15) is 4.79 Å². The molecule has 0 bridgehead atoms. The van der Waals surface area contributed by atoms with Crippen molar-refractivity contribution in [1.29, 1.82) is 0 Å². The fourth-order valence-corrected chi connectivity index (χ4v) is 4.20. The highest BCUT2D eigenvalue weighted by atomic mass is 16.5. The predicted octanol–water partition coefficient (Wildman–Crippen LogP) is 5.91. The van der Waals surface area contributed by atoms with Gasteiger partial charge in [0.2, 0.25) is 0 Å². The third-order valence-corrected chi connectivity index (χ3v) is 5.95. The van der Waals surface area contributed by atoms with E-state index in [0.29, 0.717) is 25.3 Å². The Balaban J connectivity index is 1.60. The molecule has 0 unspecified atom stereocenters. The number of aliphatic hydroxyl groups is 1. The van der Waals surface area contributed by atoms with Crippen LogP contribution in [-0.4, -0.2) is 30.9 Å². The number of hydrogen-bond donors (Lipinski definition) is 3. The molecule has 5 nitrogen and oxygen atoms in total. The number of ether oxygens (including phenoxy) is 1. The molecule has 4 aromatic carbocycles. The summed E-state index contributed by atoms with van der Waals surface area (Å²) in [4.78, 5) is 12.5. The lowest BCUT2D eigenvalue weighted by Crippen LogP contribution is -2.35.